The number of nitrogens with one attached hydrogen (secondary N) is 4. The van der Waals surface area contributed by atoms with Crippen LogP contribution in [0, 0.1) is 11.3 Å². The second-order valence-electron chi connectivity index (χ2n) is 16.7. The predicted molar refractivity (Wildman–Crippen MR) is 226 cm³/mol. The van der Waals surface area contributed by atoms with Crippen molar-refractivity contribution in [1.29, 1.82) is 0 Å². The first kappa shape index (κ1) is 43.8. The summed E-state index contributed by atoms with van der Waals surface area (Å²) in [5.74, 6) is -2.24. The highest BCUT2D eigenvalue weighted by molar-refractivity contribution is 14.1. The summed E-state index contributed by atoms with van der Waals surface area (Å²) in [5.41, 5.74) is -1.64. The fraction of sp³-hybridized carbons (Fsp3) is 0.512. The summed E-state index contributed by atoms with van der Waals surface area (Å²) in [6, 6.07) is 12.1. The lowest BCUT2D eigenvalue weighted by Crippen LogP contribution is -2.62. The number of ether oxygens (including phenoxy) is 3. The molecule has 6 atom stereocenters. The van der Waals surface area contributed by atoms with Crippen molar-refractivity contribution >= 4 is 73.1 Å². The number of sulfonamides is 1. The van der Waals surface area contributed by atoms with Crippen LogP contribution < -0.4 is 30.1 Å². The minimum atomic E-state index is -3.90. The van der Waals surface area contributed by atoms with E-state index < -0.39 is 84.1 Å². The van der Waals surface area contributed by atoms with E-state index in [4.69, 9.17) is 14.2 Å². The van der Waals surface area contributed by atoms with Crippen molar-refractivity contribution in [2.24, 2.45) is 11.3 Å². The maximum atomic E-state index is 14.8. The molecule has 0 spiro atoms. The molecular weight excluding hydrogens is 895 g/mol. The molecule has 2 aromatic carbocycles. The lowest BCUT2D eigenvalue weighted by atomic mass is 9.85. The number of urea groups is 1. The van der Waals surface area contributed by atoms with Gasteiger partial charge in [-0.05, 0) is 65.8 Å². The zero-order valence-corrected chi connectivity index (χ0v) is 36.8. The maximum absolute atomic E-state index is 14.8. The van der Waals surface area contributed by atoms with Crippen molar-refractivity contribution in [2.45, 2.75) is 106 Å². The molecule has 1 aliphatic heterocycles. The summed E-state index contributed by atoms with van der Waals surface area (Å²) in [6.45, 7) is 8.68. The van der Waals surface area contributed by atoms with Crippen molar-refractivity contribution < 1.29 is 46.6 Å². The molecule has 6 rings (SSSR count). The summed E-state index contributed by atoms with van der Waals surface area (Å²) in [4.78, 5) is 75.1. The highest BCUT2D eigenvalue weighted by atomic mass is 127. The number of benzene rings is 2. The van der Waals surface area contributed by atoms with E-state index in [0.717, 1.165) is 10.9 Å². The molecule has 1 saturated heterocycles. The first-order valence-electron chi connectivity index (χ1n) is 19.5. The number of pyridine rings is 1. The molecular formula is C41H51IN6O10S. The fourth-order valence-electron chi connectivity index (χ4n) is 6.96. The van der Waals surface area contributed by atoms with Gasteiger partial charge >= 0.3 is 12.0 Å². The number of carbonyl (C=O) groups excluding carboxylic acids is 5. The zero-order valence-electron chi connectivity index (χ0n) is 33.8. The monoisotopic (exact) mass is 946 g/mol. The Hall–Kier alpha value is -4.72. The number of nitrogens with zero attached hydrogens (tertiary/aromatic N) is 2. The number of fused-ring (bicyclic) bond motifs is 1. The number of hydrogen-bond acceptors (Lipinski definition) is 11. The van der Waals surface area contributed by atoms with E-state index >= 15 is 0 Å². The van der Waals surface area contributed by atoms with Crippen molar-refractivity contribution in [3.63, 3.8) is 0 Å². The number of esters is 1. The number of methoxy groups -OCH3 is 1. The molecule has 2 heterocycles. The van der Waals surface area contributed by atoms with E-state index in [1.165, 1.54) is 4.90 Å². The van der Waals surface area contributed by atoms with Gasteiger partial charge in [0.15, 0.2) is 0 Å². The number of likely N-dealkylation sites (tertiary alicyclic amines) is 1. The maximum Gasteiger partial charge on any atom is 0.329 e. The number of aromatic nitrogens is 1. The van der Waals surface area contributed by atoms with Gasteiger partial charge < -0.3 is 35.1 Å². The highest BCUT2D eigenvalue weighted by Crippen LogP contribution is 2.44. The van der Waals surface area contributed by atoms with Gasteiger partial charge in [-0.1, -0.05) is 87.5 Å². The van der Waals surface area contributed by atoms with Crippen molar-refractivity contribution in [3.05, 3.63) is 66.4 Å². The van der Waals surface area contributed by atoms with Crippen molar-refractivity contribution in [3.8, 4) is 11.6 Å². The highest BCUT2D eigenvalue weighted by Gasteiger charge is 2.62. The van der Waals surface area contributed by atoms with E-state index in [2.05, 4.69) is 25.7 Å². The molecule has 2 aliphatic carbocycles. The lowest BCUT2D eigenvalue weighted by Gasteiger charge is -2.36. The summed E-state index contributed by atoms with van der Waals surface area (Å²) in [7, 11) is -2.34. The van der Waals surface area contributed by atoms with Gasteiger partial charge in [0.05, 0.1) is 18.9 Å². The number of rotatable bonds is 15. The Labute approximate surface area is 357 Å². The average Bonchev–Trinajstić information content (AvgIpc) is 4.11. The van der Waals surface area contributed by atoms with Gasteiger partial charge in [-0.2, -0.15) is 0 Å². The largest absolute Gasteiger partial charge is 0.497 e. The molecule has 3 aromatic rings. The van der Waals surface area contributed by atoms with Crippen LogP contribution in [0.5, 0.6) is 11.6 Å². The van der Waals surface area contributed by atoms with Crippen LogP contribution in [0.2, 0.25) is 0 Å². The summed E-state index contributed by atoms with van der Waals surface area (Å²) < 4.78 is 44.5. The molecule has 4 N–H and O–H groups in total. The van der Waals surface area contributed by atoms with Gasteiger partial charge in [0.2, 0.25) is 27.7 Å². The topological polar surface area (TPSA) is 211 Å². The molecule has 0 radical (unpaired) electrons. The lowest BCUT2D eigenvalue weighted by molar-refractivity contribution is -0.148. The van der Waals surface area contributed by atoms with Gasteiger partial charge in [0.1, 0.15) is 42.1 Å². The summed E-state index contributed by atoms with van der Waals surface area (Å²) >= 11 is 2.00. The number of amides is 5. The van der Waals surface area contributed by atoms with Gasteiger partial charge in [0.25, 0.3) is 5.91 Å². The Morgan fingerprint density at radius 2 is 1.71 bits per heavy atom. The number of carbonyl (C=O) groups is 5. The Bertz CT molecular complexity index is 2200. The quantitative estimate of drug-likeness (QED) is 0.0980. The van der Waals surface area contributed by atoms with Gasteiger partial charge in [-0.25, -0.2) is 23.0 Å². The Morgan fingerprint density at radius 1 is 1.02 bits per heavy atom. The number of halogens is 1. The van der Waals surface area contributed by atoms with Gasteiger partial charge in [-0.15, -0.1) is 0 Å². The molecule has 59 heavy (non-hydrogen) atoms. The Kier molecular flexibility index (Phi) is 13.0. The molecule has 5 amide bonds. The summed E-state index contributed by atoms with van der Waals surface area (Å²) in [6.07, 6.45) is 1.89. The molecule has 16 nitrogen and oxygen atoms in total. The molecule has 0 bridgehead atoms. The number of alkyl halides is 1. The van der Waals surface area contributed by atoms with E-state index in [1.807, 2.05) is 59.0 Å². The van der Waals surface area contributed by atoms with E-state index in [1.54, 1.807) is 66.1 Å². The van der Waals surface area contributed by atoms with Crippen LogP contribution in [0.3, 0.4) is 0 Å². The van der Waals surface area contributed by atoms with Crippen molar-refractivity contribution in [1.82, 2.24) is 30.6 Å². The molecule has 318 valence electrons. The summed E-state index contributed by atoms with van der Waals surface area (Å²) in [5, 5.41) is 9.04. The second-order valence-corrected chi connectivity index (χ2v) is 20.2. The molecule has 3 fully saturated rings. The van der Waals surface area contributed by atoms with Gasteiger partial charge in [-0.3, -0.25) is 19.1 Å². The zero-order chi connectivity index (χ0) is 42.9. The SMILES string of the molecule is COc1ccc2c(O[C@@H]3C[C@@H](C(=O)N[C@]4(C(=O)NS(=O)(=O)C5CC5)C[C@H]4I)N(C(=O)[C@@H](NC(=O)N[C@H](C(=O)OCc4ccccc4)C(C)C)C(C)(C)C)C3)nccc2c1. The van der Waals surface area contributed by atoms with Crippen LogP contribution in [0.4, 0.5) is 4.79 Å². The van der Waals surface area contributed by atoms with Crippen LogP contribution in [0.25, 0.3) is 10.8 Å². The molecule has 2 saturated carbocycles. The predicted octanol–water partition coefficient (Wildman–Crippen LogP) is 3.74. The minimum absolute atomic E-state index is 0.0109. The molecule has 0 unspecified atom stereocenters. The van der Waals surface area contributed by atoms with Crippen LogP contribution in [0.15, 0.2) is 60.8 Å². The third-order valence-electron chi connectivity index (χ3n) is 10.7. The van der Waals surface area contributed by atoms with E-state index in [0.29, 0.717) is 24.0 Å². The molecule has 1 aromatic heterocycles. The Balaban J connectivity index is 1.23. The standard InChI is InChI=1S/C41H51IN6O10S/c1-23(2)32(37(51)57-22-24-10-8-7-9-11-24)44-39(53)45-33(40(3,4)5)36(50)48-21-27(58-35-29-15-12-26(56-6)18-25(29)16-17-43-35)19-30(48)34(49)46-41(20-31(41)42)38(52)47-59(54,55)28-13-14-28/h7-12,15-18,23,27-28,30-33H,13-14,19-22H2,1-6H3,(H,46,49)(H,47,52)(H2,44,45,53)/t27-,30+,31-,32+,33-,41-/m1/s1. The van der Waals surface area contributed by atoms with E-state index in [-0.39, 0.29) is 37.8 Å². The average molecular weight is 947 g/mol. The van der Waals surface area contributed by atoms with E-state index in [9.17, 15) is 32.4 Å². The molecule has 3 aliphatic rings. The fourth-order valence-corrected chi connectivity index (χ4v) is 9.45. The van der Waals surface area contributed by atoms with Crippen LogP contribution >= 0.6 is 22.6 Å². The van der Waals surface area contributed by atoms with Crippen LogP contribution in [0.1, 0.15) is 65.9 Å². The van der Waals surface area contributed by atoms with Gasteiger partial charge in [0, 0.05) is 21.9 Å². The smallest absolute Gasteiger partial charge is 0.329 e. The van der Waals surface area contributed by atoms with Crippen molar-refractivity contribution in [2.75, 3.05) is 13.7 Å². The Morgan fingerprint density at radius 3 is 2.32 bits per heavy atom. The molecule has 18 heteroatoms. The first-order valence-corrected chi connectivity index (χ1v) is 22.3. The third-order valence-corrected chi connectivity index (χ3v) is 14.0. The second kappa shape index (κ2) is 17.5. The van der Waals surface area contributed by atoms with Crippen LogP contribution in [-0.4, -0.2) is 101 Å². The van der Waals surface area contributed by atoms with Crippen LogP contribution in [-0.2, 0) is 40.5 Å². The minimum Gasteiger partial charge on any atom is -0.497 e. The normalized spacial score (nSPS) is 22.5. The first-order chi connectivity index (χ1) is 27.8. The number of hydrogen-bond donors (Lipinski definition) is 4. The third kappa shape index (κ3) is 10.2.